The van der Waals surface area contributed by atoms with Gasteiger partial charge in [-0.1, -0.05) is 115 Å². The lowest BCUT2D eigenvalue weighted by atomic mass is 10.1. The van der Waals surface area contributed by atoms with Crippen LogP contribution < -0.4 is 0 Å². The average molecular weight is 563 g/mol. The minimum Gasteiger partial charge on any atom is -0.462 e. The highest BCUT2D eigenvalue weighted by atomic mass is 16.6. The van der Waals surface area contributed by atoms with E-state index in [0.29, 0.717) is 12.8 Å². The van der Waals surface area contributed by atoms with Crippen molar-refractivity contribution in [2.75, 3.05) is 13.2 Å². The Balaban J connectivity index is 3.63. The molecule has 0 aliphatic heterocycles. The van der Waals surface area contributed by atoms with Gasteiger partial charge in [0.2, 0.25) is 0 Å². The number of ether oxygens (including phenoxy) is 2. The average Bonchev–Trinajstić information content (AvgIpc) is 2.96. The second-order valence-electron chi connectivity index (χ2n) is 10.9. The summed E-state index contributed by atoms with van der Waals surface area (Å²) in [7, 11) is 0. The van der Waals surface area contributed by atoms with E-state index in [1.165, 1.54) is 57.8 Å². The van der Waals surface area contributed by atoms with E-state index in [1.807, 2.05) is 0 Å². The maximum absolute atomic E-state index is 12.1. The van der Waals surface area contributed by atoms with Crippen molar-refractivity contribution in [3.63, 3.8) is 0 Å². The van der Waals surface area contributed by atoms with Gasteiger partial charge >= 0.3 is 11.9 Å². The van der Waals surface area contributed by atoms with Crippen LogP contribution >= 0.6 is 0 Å². The van der Waals surface area contributed by atoms with Crippen molar-refractivity contribution >= 4 is 11.9 Å². The largest absolute Gasteiger partial charge is 0.462 e. The van der Waals surface area contributed by atoms with E-state index < -0.39 is 6.10 Å². The van der Waals surface area contributed by atoms with Gasteiger partial charge in [-0.2, -0.15) is 0 Å². The van der Waals surface area contributed by atoms with Gasteiger partial charge in [0.25, 0.3) is 0 Å². The molecule has 0 aliphatic rings. The molecule has 0 fully saturated rings. The van der Waals surface area contributed by atoms with Crippen molar-refractivity contribution in [3.8, 4) is 0 Å². The lowest BCUT2D eigenvalue weighted by molar-refractivity contribution is -0.161. The summed E-state index contributed by atoms with van der Waals surface area (Å²) in [5.41, 5.74) is 0. The van der Waals surface area contributed by atoms with Crippen molar-refractivity contribution in [2.24, 2.45) is 0 Å². The number of carbonyl (C=O) groups excluding carboxylic acids is 2. The fourth-order valence-corrected chi connectivity index (χ4v) is 4.35. The summed E-state index contributed by atoms with van der Waals surface area (Å²) in [6, 6.07) is 0. The topological polar surface area (TPSA) is 72.8 Å². The molecular formula is C35H62O5. The molecular weight excluding hydrogens is 500 g/mol. The summed E-state index contributed by atoms with van der Waals surface area (Å²) in [4.78, 5) is 24.1. The van der Waals surface area contributed by atoms with E-state index in [2.05, 4.69) is 50.3 Å². The molecule has 5 nitrogen and oxygen atoms in total. The Morgan fingerprint density at radius 1 is 0.575 bits per heavy atom. The Bertz CT molecular complexity index is 652. The van der Waals surface area contributed by atoms with Crippen LogP contribution in [0.3, 0.4) is 0 Å². The molecule has 1 atom stereocenters. The zero-order valence-electron chi connectivity index (χ0n) is 26.1. The number of hydrogen-bond donors (Lipinski definition) is 1. The molecule has 1 N–H and O–H groups in total. The first-order valence-electron chi connectivity index (χ1n) is 16.5. The number of aliphatic hydroxyl groups excluding tert-OH is 1. The van der Waals surface area contributed by atoms with Gasteiger partial charge < -0.3 is 14.6 Å². The summed E-state index contributed by atoms with van der Waals surface area (Å²) >= 11 is 0. The van der Waals surface area contributed by atoms with Crippen LogP contribution in [0, 0.1) is 0 Å². The highest BCUT2D eigenvalue weighted by Gasteiger charge is 2.16. The first-order valence-corrected chi connectivity index (χ1v) is 16.5. The van der Waals surface area contributed by atoms with Crippen LogP contribution in [-0.4, -0.2) is 36.4 Å². The molecule has 0 rings (SSSR count). The van der Waals surface area contributed by atoms with Crippen LogP contribution in [0.5, 0.6) is 0 Å². The lowest BCUT2D eigenvalue weighted by Gasteiger charge is -2.15. The summed E-state index contributed by atoms with van der Waals surface area (Å²) < 4.78 is 10.5. The molecule has 40 heavy (non-hydrogen) atoms. The molecule has 0 spiro atoms. The Morgan fingerprint density at radius 2 is 1.05 bits per heavy atom. The highest BCUT2D eigenvalue weighted by Crippen LogP contribution is 2.11. The number of hydrogen-bond acceptors (Lipinski definition) is 5. The van der Waals surface area contributed by atoms with Gasteiger partial charge in [-0.05, 0) is 64.2 Å². The Hall–Kier alpha value is -1.88. The van der Waals surface area contributed by atoms with Crippen molar-refractivity contribution in [3.05, 3.63) is 36.5 Å². The van der Waals surface area contributed by atoms with Crippen LogP contribution in [0.15, 0.2) is 36.5 Å². The normalized spacial score (nSPS) is 12.6. The molecule has 232 valence electrons. The van der Waals surface area contributed by atoms with E-state index in [9.17, 15) is 14.7 Å². The predicted octanol–water partition coefficient (Wildman–Crippen LogP) is 9.72. The van der Waals surface area contributed by atoms with E-state index in [1.54, 1.807) is 0 Å². The fourth-order valence-electron chi connectivity index (χ4n) is 4.35. The molecule has 0 aromatic rings. The lowest BCUT2D eigenvalue weighted by Crippen LogP contribution is -2.28. The Morgan fingerprint density at radius 3 is 1.60 bits per heavy atom. The molecule has 0 saturated heterocycles. The van der Waals surface area contributed by atoms with Gasteiger partial charge in [0, 0.05) is 12.8 Å². The molecule has 0 aromatic carbocycles. The number of rotatable bonds is 29. The molecule has 0 amide bonds. The van der Waals surface area contributed by atoms with E-state index in [4.69, 9.17) is 9.47 Å². The monoisotopic (exact) mass is 562 g/mol. The van der Waals surface area contributed by atoms with Gasteiger partial charge in [0.05, 0.1) is 6.61 Å². The SMILES string of the molecule is CCC/C=C\C/C=C\CCCCCCCC(=O)OC(CO)COC(=O)CCCCCCC/C=C\CCCCCC. The van der Waals surface area contributed by atoms with Gasteiger partial charge in [-0.3, -0.25) is 9.59 Å². The minimum atomic E-state index is -0.778. The first-order chi connectivity index (χ1) is 19.6. The van der Waals surface area contributed by atoms with Crippen LogP contribution in [-0.2, 0) is 19.1 Å². The standard InChI is InChI=1S/C35H62O5/c1-3-5-7-9-11-13-15-17-19-21-23-25-27-29-34(37)39-32-33(31-36)40-35(38)30-28-26-24-22-20-18-16-14-12-10-8-6-4-2/h8,10,13-16,33,36H,3-7,9,11-12,17-32H2,1-2H3/b10-8-,15-13-,16-14-. The zero-order chi connectivity index (χ0) is 29.4. The fraction of sp³-hybridized carbons (Fsp3) is 0.771. The van der Waals surface area contributed by atoms with Crippen molar-refractivity contribution < 1.29 is 24.2 Å². The third kappa shape index (κ3) is 29.1. The minimum absolute atomic E-state index is 0.0756. The van der Waals surface area contributed by atoms with Gasteiger partial charge in [-0.15, -0.1) is 0 Å². The number of aliphatic hydroxyl groups is 1. The Labute approximate surface area is 246 Å². The molecule has 0 bridgehead atoms. The predicted molar refractivity (Wildman–Crippen MR) is 168 cm³/mol. The third-order valence-corrected chi connectivity index (χ3v) is 6.89. The van der Waals surface area contributed by atoms with Crippen LogP contribution in [0.4, 0.5) is 0 Å². The van der Waals surface area contributed by atoms with Gasteiger partial charge in [0.1, 0.15) is 6.61 Å². The van der Waals surface area contributed by atoms with Crippen LogP contribution in [0.2, 0.25) is 0 Å². The molecule has 0 radical (unpaired) electrons. The summed E-state index contributed by atoms with van der Waals surface area (Å²) in [6.45, 7) is 4.01. The maximum atomic E-state index is 12.1. The molecule has 0 saturated carbocycles. The molecule has 0 heterocycles. The second-order valence-corrected chi connectivity index (χ2v) is 10.9. The van der Waals surface area contributed by atoms with E-state index in [-0.39, 0.29) is 25.2 Å². The van der Waals surface area contributed by atoms with Gasteiger partial charge in [-0.25, -0.2) is 0 Å². The number of unbranched alkanes of at least 4 members (excludes halogenated alkanes) is 15. The highest BCUT2D eigenvalue weighted by molar-refractivity contribution is 5.70. The number of carbonyl (C=O) groups is 2. The van der Waals surface area contributed by atoms with Crippen molar-refractivity contribution in [2.45, 2.75) is 161 Å². The van der Waals surface area contributed by atoms with E-state index in [0.717, 1.165) is 70.6 Å². The quantitative estimate of drug-likeness (QED) is 0.0558. The second kappa shape index (κ2) is 31.6. The molecule has 0 aromatic heterocycles. The molecule has 5 heteroatoms. The summed E-state index contributed by atoms with van der Waals surface area (Å²) in [5, 5.41) is 9.49. The summed E-state index contributed by atoms with van der Waals surface area (Å²) in [6.07, 6.45) is 36.2. The zero-order valence-corrected chi connectivity index (χ0v) is 26.1. The summed E-state index contributed by atoms with van der Waals surface area (Å²) in [5.74, 6) is -0.621. The van der Waals surface area contributed by atoms with Gasteiger partial charge in [0.15, 0.2) is 6.10 Å². The first kappa shape index (κ1) is 38.1. The third-order valence-electron chi connectivity index (χ3n) is 6.89. The van der Waals surface area contributed by atoms with Crippen molar-refractivity contribution in [1.29, 1.82) is 0 Å². The van der Waals surface area contributed by atoms with E-state index >= 15 is 0 Å². The number of esters is 2. The van der Waals surface area contributed by atoms with Crippen molar-refractivity contribution in [1.82, 2.24) is 0 Å². The molecule has 0 aliphatic carbocycles. The Kier molecular flexibility index (Phi) is 30.2. The number of allylic oxidation sites excluding steroid dienone is 6. The molecule has 1 unspecified atom stereocenters. The smallest absolute Gasteiger partial charge is 0.306 e. The maximum Gasteiger partial charge on any atom is 0.306 e. The van der Waals surface area contributed by atoms with Crippen LogP contribution in [0.25, 0.3) is 0 Å². The van der Waals surface area contributed by atoms with Crippen LogP contribution in [0.1, 0.15) is 155 Å².